The number of benzene rings is 2. The van der Waals surface area contributed by atoms with Crippen LogP contribution in [0.4, 0.5) is 11.4 Å². The highest BCUT2D eigenvalue weighted by molar-refractivity contribution is 7.92. The number of nitrogens with one attached hydrogen (secondary N) is 1. The van der Waals surface area contributed by atoms with E-state index >= 15 is 0 Å². The zero-order valence-corrected chi connectivity index (χ0v) is 20.2. The van der Waals surface area contributed by atoms with Crippen LogP contribution in [0, 0.1) is 17.0 Å². The number of rotatable bonds is 9. The Morgan fingerprint density at radius 1 is 1.18 bits per heavy atom. The van der Waals surface area contributed by atoms with Gasteiger partial charge in [-0.3, -0.25) is 24.0 Å². The van der Waals surface area contributed by atoms with Gasteiger partial charge in [0.05, 0.1) is 16.9 Å². The zero-order valence-electron chi connectivity index (χ0n) is 18.6. The van der Waals surface area contributed by atoms with Gasteiger partial charge in [-0.05, 0) is 37.1 Å². The first-order valence-corrected chi connectivity index (χ1v) is 12.1. The minimum absolute atomic E-state index is 0.0130. The second kappa shape index (κ2) is 10.6. The molecule has 1 atom stereocenters. The van der Waals surface area contributed by atoms with Gasteiger partial charge in [0.15, 0.2) is 0 Å². The van der Waals surface area contributed by atoms with Crippen molar-refractivity contribution < 1.29 is 22.9 Å². The summed E-state index contributed by atoms with van der Waals surface area (Å²) in [6.07, 6.45) is 0.907. The van der Waals surface area contributed by atoms with Gasteiger partial charge in [0, 0.05) is 30.7 Å². The maximum Gasteiger partial charge on any atom is 0.271 e. The Morgan fingerprint density at radius 2 is 1.79 bits per heavy atom. The maximum atomic E-state index is 13.3. The summed E-state index contributed by atoms with van der Waals surface area (Å²) in [4.78, 5) is 37.4. The van der Waals surface area contributed by atoms with E-state index in [1.807, 2.05) is 0 Å². The highest BCUT2D eigenvalue weighted by atomic mass is 35.5. The number of hydrogen-bond donors (Lipinski definition) is 1. The fraction of sp³-hybridized carbons (Fsp3) is 0.333. The van der Waals surface area contributed by atoms with Crippen LogP contribution in [0.15, 0.2) is 42.5 Å². The van der Waals surface area contributed by atoms with E-state index < -0.39 is 39.3 Å². The van der Waals surface area contributed by atoms with Crippen LogP contribution in [-0.2, 0) is 26.2 Å². The molecule has 178 valence electrons. The summed E-state index contributed by atoms with van der Waals surface area (Å²) in [6, 6.07) is 9.52. The Morgan fingerprint density at radius 3 is 2.30 bits per heavy atom. The maximum absolute atomic E-state index is 13.3. The molecule has 33 heavy (non-hydrogen) atoms. The fourth-order valence-corrected chi connectivity index (χ4v) is 4.18. The number of likely N-dealkylation sites (N-methyl/N-ethyl adjacent to an activating group) is 1. The molecule has 2 aromatic carbocycles. The highest BCUT2D eigenvalue weighted by Gasteiger charge is 2.30. The Hall–Kier alpha value is -3.18. The van der Waals surface area contributed by atoms with Crippen LogP contribution in [0.25, 0.3) is 0 Å². The standard InChI is InChI=1S/C21H25ClN4O6S/c1-14-5-10-18(26(29)30)11-19(14)25(33(4,31)32)13-20(27)24(15(2)21(28)23-3)12-16-6-8-17(22)9-7-16/h5-11,15H,12-13H2,1-4H3,(H,23,28)/t15-/m1/s1. The zero-order chi connectivity index (χ0) is 24.9. The number of anilines is 1. The van der Waals surface area contributed by atoms with Crippen molar-refractivity contribution in [3.05, 3.63) is 68.7 Å². The van der Waals surface area contributed by atoms with Crippen LogP contribution in [-0.4, -0.2) is 55.9 Å². The van der Waals surface area contributed by atoms with E-state index in [-0.39, 0.29) is 17.9 Å². The van der Waals surface area contributed by atoms with Crippen LogP contribution < -0.4 is 9.62 Å². The fourth-order valence-electron chi connectivity index (χ4n) is 3.15. The number of nitrogens with zero attached hydrogens (tertiary/aromatic N) is 3. The molecule has 0 saturated carbocycles. The summed E-state index contributed by atoms with van der Waals surface area (Å²) in [5.41, 5.74) is 0.816. The Bertz CT molecular complexity index is 1150. The number of nitro benzene ring substituents is 1. The molecule has 0 aliphatic carbocycles. The van der Waals surface area contributed by atoms with Gasteiger partial charge in [0.2, 0.25) is 21.8 Å². The van der Waals surface area contributed by atoms with Crippen molar-refractivity contribution in [2.24, 2.45) is 0 Å². The molecule has 0 unspecified atom stereocenters. The Labute approximate surface area is 197 Å². The smallest absolute Gasteiger partial charge is 0.271 e. The van der Waals surface area contributed by atoms with Gasteiger partial charge in [-0.25, -0.2) is 8.42 Å². The Balaban J connectivity index is 2.46. The summed E-state index contributed by atoms with van der Waals surface area (Å²) in [7, 11) is -2.57. The second-order valence-electron chi connectivity index (χ2n) is 7.44. The van der Waals surface area contributed by atoms with Crippen LogP contribution in [0.2, 0.25) is 5.02 Å². The van der Waals surface area contributed by atoms with Crippen molar-refractivity contribution in [3.8, 4) is 0 Å². The van der Waals surface area contributed by atoms with E-state index in [0.29, 0.717) is 16.1 Å². The molecule has 0 aliphatic rings. The molecule has 0 aromatic heterocycles. The lowest BCUT2D eigenvalue weighted by Gasteiger charge is -2.31. The minimum Gasteiger partial charge on any atom is -0.357 e. The molecule has 12 heteroatoms. The second-order valence-corrected chi connectivity index (χ2v) is 9.78. The lowest BCUT2D eigenvalue weighted by atomic mass is 10.1. The molecular formula is C21H25ClN4O6S. The van der Waals surface area contributed by atoms with Gasteiger partial charge in [-0.15, -0.1) is 0 Å². The van der Waals surface area contributed by atoms with Crippen LogP contribution in [0.3, 0.4) is 0 Å². The third-order valence-electron chi connectivity index (χ3n) is 5.03. The number of halogens is 1. The number of aryl methyl sites for hydroxylation is 1. The minimum atomic E-state index is -4.00. The van der Waals surface area contributed by atoms with Gasteiger partial charge in [0.1, 0.15) is 12.6 Å². The third-order valence-corrected chi connectivity index (χ3v) is 6.41. The lowest BCUT2D eigenvalue weighted by molar-refractivity contribution is -0.384. The molecule has 0 radical (unpaired) electrons. The first kappa shape index (κ1) is 26.1. The summed E-state index contributed by atoms with van der Waals surface area (Å²) >= 11 is 5.92. The van der Waals surface area contributed by atoms with E-state index in [4.69, 9.17) is 11.6 Å². The number of hydrogen-bond acceptors (Lipinski definition) is 6. The number of non-ortho nitro benzene ring substituents is 1. The molecule has 0 spiro atoms. The van der Waals surface area contributed by atoms with E-state index in [0.717, 1.165) is 16.6 Å². The monoisotopic (exact) mass is 496 g/mol. The summed E-state index contributed by atoms with van der Waals surface area (Å²) < 4.78 is 25.9. The van der Waals surface area contributed by atoms with Crippen LogP contribution in [0.5, 0.6) is 0 Å². The van der Waals surface area contributed by atoms with Gasteiger partial charge in [0.25, 0.3) is 5.69 Å². The average Bonchev–Trinajstić information content (AvgIpc) is 2.75. The number of sulfonamides is 1. The summed E-state index contributed by atoms with van der Waals surface area (Å²) in [5.74, 6) is -1.09. The molecule has 0 heterocycles. The van der Waals surface area contributed by atoms with Gasteiger partial charge in [-0.2, -0.15) is 0 Å². The third kappa shape index (κ3) is 6.65. The quantitative estimate of drug-likeness (QED) is 0.419. The summed E-state index contributed by atoms with van der Waals surface area (Å²) in [6.45, 7) is 2.49. The van der Waals surface area contributed by atoms with Crippen molar-refractivity contribution in [2.75, 3.05) is 24.2 Å². The first-order chi connectivity index (χ1) is 15.3. The average molecular weight is 497 g/mol. The molecule has 2 aromatic rings. The SMILES string of the molecule is CNC(=O)[C@@H](C)N(Cc1ccc(Cl)cc1)C(=O)CN(c1cc([N+](=O)[O-])ccc1C)S(C)(=O)=O. The number of carbonyl (C=O) groups is 2. The van der Waals surface area contributed by atoms with Crippen LogP contribution in [0.1, 0.15) is 18.1 Å². The first-order valence-electron chi connectivity index (χ1n) is 9.83. The molecule has 2 rings (SSSR count). The van der Waals surface area contributed by atoms with Gasteiger partial charge < -0.3 is 10.2 Å². The molecule has 0 bridgehead atoms. The molecule has 0 fully saturated rings. The van der Waals surface area contributed by atoms with E-state index in [1.165, 1.54) is 31.0 Å². The largest absolute Gasteiger partial charge is 0.357 e. The van der Waals surface area contributed by atoms with E-state index in [9.17, 15) is 28.1 Å². The van der Waals surface area contributed by atoms with Crippen molar-refractivity contribution in [2.45, 2.75) is 26.4 Å². The van der Waals surface area contributed by atoms with Crippen molar-refractivity contribution >= 4 is 44.8 Å². The van der Waals surface area contributed by atoms with Crippen molar-refractivity contribution in [1.29, 1.82) is 0 Å². The van der Waals surface area contributed by atoms with E-state index in [1.54, 1.807) is 31.2 Å². The summed E-state index contributed by atoms with van der Waals surface area (Å²) in [5, 5.41) is 14.2. The molecule has 0 saturated heterocycles. The lowest BCUT2D eigenvalue weighted by Crippen LogP contribution is -2.50. The Kier molecular flexibility index (Phi) is 8.39. The number of carbonyl (C=O) groups excluding carboxylic acids is 2. The van der Waals surface area contributed by atoms with Crippen LogP contribution >= 0.6 is 11.6 Å². The molecule has 2 amide bonds. The topological polar surface area (TPSA) is 130 Å². The normalized spacial score (nSPS) is 12.0. The molecule has 0 aliphatic heterocycles. The van der Waals surface area contributed by atoms with Crippen molar-refractivity contribution in [3.63, 3.8) is 0 Å². The molecule has 10 nitrogen and oxygen atoms in total. The molecule has 1 N–H and O–H groups in total. The van der Waals surface area contributed by atoms with E-state index in [2.05, 4.69) is 5.32 Å². The predicted octanol–water partition coefficient (Wildman–Crippen LogP) is 2.49. The van der Waals surface area contributed by atoms with Gasteiger partial charge in [-0.1, -0.05) is 29.8 Å². The molecular weight excluding hydrogens is 472 g/mol. The highest BCUT2D eigenvalue weighted by Crippen LogP contribution is 2.28. The van der Waals surface area contributed by atoms with Gasteiger partial charge >= 0.3 is 0 Å². The number of amides is 2. The predicted molar refractivity (Wildman–Crippen MR) is 126 cm³/mol. The number of nitro groups is 1. The van der Waals surface area contributed by atoms with Crippen molar-refractivity contribution in [1.82, 2.24) is 10.2 Å².